The number of hydrogen-bond acceptors (Lipinski definition) is 3. The summed E-state index contributed by atoms with van der Waals surface area (Å²) in [7, 11) is 1.61. The first-order valence-corrected chi connectivity index (χ1v) is 6.05. The van der Waals surface area contributed by atoms with Crippen molar-refractivity contribution in [1.82, 2.24) is 4.98 Å². The molecule has 1 aromatic heterocycles. The number of nitrogens with zero attached hydrogens (tertiary/aromatic N) is 1. The SMILES string of the molecule is COc1ccc(CNc2cnccc2C)cc1Cl. The highest BCUT2D eigenvalue weighted by molar-refractivity contribution is 6.32. The van der Waals surface area contributed by atoms with E-state index >= 15 is 0 Å². The minimum atomic E-state index is 0.625. The van der Waals surface area contributed by atoms with E-state index in [1.54, 1.807) is 13.3 Å². The minimum absolute atomic E-state index is 0.625. The highest BCUT2D eigenvalue weighted by atomic mass is 35.5. The van der Waals surface area contributed by atoms with Gasteiger partial charge in [-0.1, -0.05) is 17.7 Å². The molecular weight excluding hydrogens is 248 g/mol. The zero-order valence-electron chi connectivity index (χ0n) is 10.4. The molecule has 0 fully saturated rings. The molecule has 3 nitrogen and oxygen atoms in total. The Morgan fingerprint density at radius 2 is 2.17 bits per heavy atom. The summed E-state index contributed by atoms with van der Waals surface area (Å²) in [6.45, 7) is 2.75. The third kappa shape index (κ3) is 2.93. The van der Waals surface area contributed by atoms with Crippen LogP contribution in [0, 0.1) is 6.92 Å². The molecule has 1 N–H and O–H groups in total. The van der Waals surface area contributed by atoms with E-state index in [2.05, 4.69) is 10.3 Å². The van der Waals surface area contributed by atoms with Crippen molar-refractivity contribution in [2.45, 2.75) is 13.5 Å². The van der Waals surface area contributed by atoms with Gasteiger partial charge >= 0.3 is 0 Å². The van der Waals surface area contributed by atoms with Gasteiger partial charge in [-0.05, 0) is 36.2 Å². The van der Waals surface area contributed by atoms with E-state index in [1.165, 1.54) is 5.56 Å². The van der Waals surface area contributed by atoms with Gasteiger partial charge in [-0.2, -0.15) is 0 Å². The van der Waals surface area contributed by atoms with Crippen LogP contribution in [0.1, 0.15) is 11.1 Å². The van der Waals surface area contributed by atoms with Gasteiger partial charge in [0.05, 0.1) is 24.0 Å². The van der Waals surface area contributed by atoms with Gasteiger partial charge in [-0.15, -0.1) is 0 Å². The van der Waals surface area contributed by atoms with Crippen LogP contribution in [0.2, 0.25) is 5.02 Å². The Labute approximate surface area is 112 Å². The third-order valence-corrected chi connectivity index (χ3v) is 3.03. The summed E-state index contributed by atoms with van der Waals surface area (Å²) in [6.07, 6.45) is 3.60. The van der Waals surface area contributed by atoms with Gasteiger partial charge in [-0.3, -0.25) is 4.98 Å². The molecule has 4 heteroatoms. The van der Waals surface area contributed by atoms with Crippen LogP contribution < -0.4 is 10.1 Å². The van der Waals surface area contributed by atoms with E-state index in [1.807, 2.05) is 37.4 Å². The van der Waals surface area contributed by atoms with Crippen LogP contribution in [-0.2, 0) is 6.54 Å². The Bertz CT molecular complexity index is 543. The van der Waals surface area contributed by atoms with Crippen molar-refractivity contribution in [3.63, 3.8) is 0 Å². The van der Waals surface area contributed by atoms with Crippen molar-refractivity contribution < 1.29 is 4.74 Å². The molecule has 2 aromatic rings. The molecule has 0 aliphatic carbocycles. The van der Waals surface area contributed by atoms with E-state index in [9.17, 15) is 0 Å². The number of nitrogens with one attached hydrogen (secondary N) is 1. The standard InChI is InChI=1S/C14H15ClN2O/c1-10-5-6-16-9-13(10)17-8-11-3-4-14(18-2)12(15)7-11/h3-7,9,17H,8H2,1-2H3. The summed E-state index contributed by atoms with van der Waals surface area (Å²) in [6, 6.07) is 7.74. The molecule has 0 saturated carbocycles. The van der Waals surface area contributed by atoms with Gasteiger partial charge in [0.1, 0.15) is 5.75 Å². The van der Waals surface area contributed by atoms with Crippen molar-refractivity contribution in [3.05, 3.63) is 52.8 Å². The summed E-state index contributed by atoms with van der Waals surface area (Å²) in [5.74, 6) is 0.693. The lowest BCUT2D eigenvalue weighted by atomic mass is 10.2. The minimum Gasteiger partial charge on any atom is -0.495 e. The maximum Gasteiger partial charge on any atom is 0.137 e. The average molecular weight is 263 g/mol. The first kappa shape index (κ1) is 12.7. The number of hydrogen-bond donors (Lipinski definition) is 1. The molecule has 0 saturated heterocycles. The van der Waals surface area contributed by atoms with Gasteiger partial charge in [0.2, 0.25) is 0 Å². The molecule has 1 aromatic carbocycles. The predicted octanol–water partition coefficient (Wildman–Crippen LogP) is 3.66. The Morgan fingerprint density at radius 1 is 1.33 bits per heavy atom. The van der Waals surface area contributed by atoms with E-state index in [0.717, 1.165) is 11.3 Å². The van der Waals surface area contributed by atoms with E-state index in [0.29, 0.717) is 17.3 Å². The number of aromatic nitrogens is 1. The Morgan fingerprint density at radius 3 is 2.83 bits per heavy atom. The molecule has 1 heterocycles. The number of pyridine rings is 1. The van der Waals surface area contributed by atoms with Crippen molar-refractivity contribution >= 4 is 17.3 Å². The fourth-order valence-corrected chi connectivity index (χ4v) is 1.95. The van der Waals surface area contributed by atoms with Crippen LogP contribution in [0.15, 0.2) is 36.7 Å². The summed E-state index contributed by atoms with van der Waals surface area (Å²) in [5, 5.41) is 3.96. The number of aryl methyl sites for hydroxylation is 1. The third-order valence-electron chi connectivity index (χ3n) is 2.74. The largest absolute Gasteiger partial charge is 0.495 e. The quantitative estimate of drug-likeness (QED) is 0.913. The molecule has 0 spiro atoms. The normalized spacial score (nSPS) is 10.2. The molecule has 0 amide bonds. The van der Waals surface area contributed by atoms with Crippen LogP contribution in [0.5, 0.6) is 5.75 Å². The number of ether oxygens (including phenoxy) is 1. The maximum atomic E-state index is 6.08. The molecule has 18 heavy (non-hydrogen) atoms. The summed E-state index contributed by atoms with van der Waals surface area (Å²) in [4.78, 5) is 4.09. The second-order valence-electron chi connectivity index (χ2n) is 4.01. The van der Waals surface area contributed by atoms with Crippen LogP contribution in [-0.4, -0.2) is 12.1 Å². The van der Waals surface area contributed by atoms with Crippen molar-refractivity contribution in [3.8, 4) is 5.75 Å². The summed E-state index contributed by atoms with van der Waals surface area (Å²) in [5.41, 5.74) is 3.30. The lowest BCUT2D eigenvalue weighted by molar-refractivity contribution is 0.415. The molecule has 0 radical (unpaired) electrons. The highest BCUT2D eigenvalue weighted by Crippen LogP contribution is 2.25. The van der Waals surface area contributed by atoms with Gasteiger partial charge in [0.25, 0.3) is 0 Å². The number of methoxy groups -OCH3 is 1. The number of anilines is 1. The smallest absolute Gasteiger partial charge is 0.137 e. The molecule has 0 aliphatic heterocycles. The van der Waals surface area contributed by atoms with Crippen LogP contribution in [0.25, 0.3) is 0 Å². The Balaban J connectivity index is 2.07. The van der Waals surface area contributed by atoms with E-state index < -0.39 is 0 Å². The van der Waals surface area contributed by atoms with Crippen LogP contribution in [0.3, 0.4) is 0 Å². The summed E-state index contributed by atoms with van der Waals surface area (Å²) < 4.78 is 5.12. The van der Waals surface area contributed by atoms with E-state index in [4.69, 9.17) is 16.3 Å². The number of rotatable bonds is 4. The molecule has 2 rings (SSSR count). The fraction of sp³-hybridized carbons (Fsp3) is 0.214. The fourth-order valence-electron chi connectivity index (χ4n) is 1.67. The zero-order chi connectivity index (χ0) is 13.0. The molecule has 0 aliphatic rings. The number of halogens is 1. The van der Waals surface area contributed by atoms with Crippen LogP contribution in [0.4, 0.5) is 5.69 Å². The molecule has 0 bridgehead atoms. The van der Waals surface area contributed by atoms with Crippen LogP contribution >= 0.6 is 11.6 Å². The monoisotopic (exact) mass is 262 g/mol. The average Bonchev–Trinajstić information content (AvgIpc) is 2.38. The van der Waals surface area contributed by atoms with Gasteiger partial charge in [-0.25, -0.2) is 0 Å². The molecular formula is C14H15ClN2O. The molecule has 0 unspecified atom stereocenters. The van der Waals surface area contributed by atoms with Crippen molar-refractivity contribution in [2.75, 3.05) is 12.4 Å². The Hall–Kier alpha value is -1.74. The number of benzene rings is 1. The lowest BCUT2D eigenvalue weighted by Crippen LogP contribution is -2.01. The summed E-state index contributed by atoms with van der Waals surface area (Å²) >= 11 is 6.08. The molecule has 0 atom stereocenters. The van der Waals surface area contributed by atoms with Crippen molar-refractivity contribution in [1.29, 1.82) is 0 Å². The second-order valence-corrected chi connectivity index (χ2v) is 4.42. The topological polar surface area (TPSA) is 34.1 Å². The lowest BCUT2D eigenvalue weighted by Gasteiger charge is -2.10. The first-order chi connectivity index (χ1) is 8.70. The highest BCUT2D eigenvalue weighted by Gasteiger charge is 2.02. The predicted molar refractivity (Wildman–Crippen MR) is 74.3 cm³/mol. The Kier molecular flexibility index (Phi) is 4.05. The van der Waals surface area contributed by atoms with E-state index in [-0.39, 0.29) is 0 Å². The maximum absolute atomic E-state index is 6.08. The van der Waals surface area contributed by atoms with Gasteiger partial charge in [0, 0.05) is 12.7 Å². The van der Waals surface area contributed by atoms with Gasteiger partial charge in [0.15, 0.2) is 0 Å². The first-order valence-electron chi connectivity index (χ1n) is 5.67. The molecule has 94 valence electrons. The van der Waals surface area contributed by atoms with Crippen molar-refractivity contribution in [2.24, 2.45) is 0 Å². The second kappa shape index (κ2) is 5.74. The van der Waals surface area contributed by atoms with Gasteiger partial charge < -0.3 is 10.1 Å². The zero-order valence-corrected chi connectivity index (χ0v) is 11.2.